The third-order valence-corrected chi connectivity index (χ3v) is 2.99. The minimum absolute atomic E-state index is 0.0613. The minimum Gasteiger partial charge on any atom is -0.452 e. The number of esters is 1. The second-order valence-electron chi connectivity index (χ2n) is 4.85. The van der Waals surface area contributed by atoms with Crippen molar-refractivity contribution in [1.82, 2.24) is 4.90 Å². The highest BCUT2D eigenvalue weighted by atomic mass is 19.4. The Morgan fingerprint density at radius 2 is 1.58 bits per heavy atom. The second kappa shape index (κ2) is 9.89. The van der Waals surface area contributed by atoms with E-state index in [9.17, 15) is 22.8 Å². The lowest BCUT2D eigenvalue weighted by molar-refractivity contribution is -0.274. The van der Waals surface area contributed by atoms with Gasteiger partial charge in [-0.25, -0.2) is 4.79 Å². The highest BCUT2D eigenvalue weighted by molar-refractivity contribution is 5.91. The summed E-state index contributed by atoms with van der Waals surface area (Å²) in [5.74, 6) is -1.98. The van der Waals surface area contributed by atoms with Crippen molar-refractivity contribution >= 4 is 11.9 Å². The van der Waals surface area contributed by atoms with Gasteiger partial charge in [-0.05, 0) is 24.3 Å². The fourth-order valence-corrected chi connectivity index (χ4v) is 1.83. The third kappa shape index (κ3) is 7.53. The zero-order chi connectivity index (χ0) is 19.6. The van der Waals surface area contributed by atoms with Crippen LogP contribution in [0.25, 0.3) is 0 Å². The molecular weight excluding hydrogens is 355 g/mol. The summed E-state index contributed by atoms with van der Waals surface area (Å²) in [6.07, 6.45) is -4.72. The number of halogens is 3. The highest BCUT2D eigenvalue weighted by Crippen LogP contribution is 2.22. The summed E-state index contributed by atoms with van der Waals surface area (Å²) >= 11 is 0. The van der Waals surface area contributed by atoms with E-state index in [1.165, 1.54) is 4.90 Å². The molecule has 7 nitrogen and oxygen atoms in total. The Morgan fingerprint density at radius 1 is 1.04 bits per heavy atom. The first kappa shape index (κ1) is 20.8. The topological polar surface area (TPSA) is 103 Å². The minimum atomic E-state index is -4.84. The predicted molar refractivity (Wildman–Crippen MR) is 80.4 cm³/mol. The van der Waals surface area contributed by atoms with Gasteiger partial charge < -0.3 is 14.4 Å². The van der Waals surface area contributed by atoms with Crippen LogP contribution < -0.4 is 4.74 Å². The van der Waals surface area contributed by atoms with Gasteiger partial charge >= 0.3 is 12.3 Å². The van der Waals surface area contributed by atoms with Crippen molar-refractivity contribution in [2.24, 2.45) is 0 Å². The Labute approximate surface area is 147 Å². The van der Waals surface area contributed by atoms with E-state index in [4.69, 9.17) is 15.3 Å². The van der Waals surface area contributed by atoms with Gasteiger partial charge in [0.1, 0.15) is 5.75 Å². The first-order valence-corrected chi connectivity index (χ1v) is 7.31. The lowest BCUT2D eigenvalue weighted by atomic mass is 10.2. The van der Waals surface area contributed by atoms with Crippen molar-refractivity contribution in [2.75, 3.05) is 19.7 Å². The van der Waals surface area contributed by atoms with E-state index in [1.54, 1.807) is 0 Å². The number of carbonyl (C=O) groups is 2. The molecule has 0 atom stereocenters. The molecule has 0 spiro atoms. The summed E-state index contributed by atoms with van der Waals surface area (Å²) < 4.78 is 44.7. The summed E-state index contributed by atoms with van der Waals surface area (Å²) in [5, 5.41) is 17.1. The van der Waals surface area contributed by atoms with Crippen LogP contribution in [0.5, 0.6) is 5.75 Å². The van der Waals surface area contributed by atoms with Gasteiger partial charge in [0.25, 0.3) is 5.91 Å². The molecule has 1 aromatic rings. The first-order chi connectivity index (χ1) is 12.3. The summed E-state index contributed by atoms with van der Waals surface area (Å²) in [7, 11) is 0. The van der Waals surface area contributed by atoms with E-state index in [0.717, 1.165) is 24.3 Å². The average Bonchev–Trinajstić information content (AvgIpc) is 2.58. The van der Waals surface area contributed by atoms with Crippen LogP contribution in [0.2, 0.25) is 0 Å². The molecular formula is C16H14F3N3O4. The number of amides is 1. The van der Waals surface area contributed by atoms with Crippen LogP contribution in [0.4, 0.5) is 13.2 Å². The summed E-state index contributed by atoms with van der Waals surface area (Å²) in [6, 6.07) is 7.75. The zero-order valence-electron chi connectivity index (χ0n) is 13.5. The molecule has 0 fully saturated rings. The largest absolute Gasteiger partial charge is 0.573 e. The molecule has 10 heteroatoms. The van der Waals surface area contributed by atoms with E-state index >= 15 is 0 Å². The molecule has 1 rings (SSSR count). The predicted octanol–water partition coefficient (Wildman–Crippen LogP) is 2.40. The van der Waals surface area contributed by atoms with Crippen molar-refractivity contribution in [3.63, 3.8) is 0 Å². The Morgan fingerprint density at radius 3 is 2.04 bits per heavy atom. The molecule has 0 bridgehead atoms. The monoisotopic (exact) mass is 369 g/mol. The first-order valence-electron chi connectivity index (χ1n) is 7.31. The number of hydrogen-bond acceptors (Lipinski definition) is 6. The van der Waals surface area contributed by atoms with E-state index in [2.05, 4.69) is 4.74 Å². The van der Waals surface area contributed by atoms with Crippen molar-refractivity contribution in [3.05, 3.63) is 29.8 Å². The maximum absolute atomic E-state index is 12.1. The molecule has 0 N–H and O–H groups in total. The number of nitriles is 2. The number of ether oxygens (including phenoxy) is 2. The summed E-state index contributed by atoms with van der Waals surface area (Å²) in [6.45, 7) is -0.424. The van der Waals surface area contributed by atoms with Gasteiger partial charge in [0, 0.05) is 13.1 Å². The molecule has 0 aromatic heterocycles. The van der Waals surface area contributed by atoms with Crippen LogP contribution in [-0.4, -0.2) is 42.8 Å². The van der Waals surface area contributed by atoms with Gasteiger partial charge in [-0.3, -0.25) is 4.79 Å². The molecule has 0 radical (unpaired) electrons. The molecule has 26 heavy (non-hydrogen) atoms. The van der Waals surface area contributed by atoms with Crippen LogP contribution in [0.1, 0.15) is 23.2 Å². The zero-order valence-corrected chi connectivity index (χ0v) is 13.5. The molecule has 0 heterocycles. The van der Waals surface area contributed by atoms with Crippen LogP contribution in [-0.2, 0) is 9.53 Å². The Kier molecular flexibility index (Phi) is 7.90. The van der Waals surface area contributed by atoms with Gasteiger partial charge in [-0.1, -0.05) is 0 Å². The molecule has 1 amide bonds. The van der Waals surface area contributed by atoms with E-state index in [0.29, 0.717) is 0 Å². The Balaban J connectivity index is 2.59. The lowest BCUT2D eigenvalue weighted by Crippen LogP contribution is -2.36. The van der Waals surface area contributed by atoms with Crippen molar-refractivity contribution in [1.29, 1.82) is 10.5 Å². The molecule has 0 aliphatic carbocycles. The number of alkyl halides is 3. The van der Waals surface area contributed by atoms with Gasteiger partial charge in [0.2, 0.25) is 0 Å². The highest BCUT2D eigenvalue weighted by Gasteiger charge is 2.31. The summed E-state index contributed by atoms with van der Waals surface area (Å²) in [4.78, 5) is 25.0. The molecule has 0 saturated carbocycles. The molecule has 0 aliphatic rings. The molecule has 138 valence electrons. The number of benzene rings is 1. The van der Waals surface area contributed by atoms with Crippen molar-refractivity contribution in [3.8, 4) is 17.9 Å². The van der Waals surface area contributed by atoms with Gasteiger partial charge in [-0.2, -0.15) is 10.5 Å². The number of hydrogen-bond donors (Lipinski definition) is 0. The quantitative estimate of drug-likeness (QED) is 0.652. The third-order valence-electron chi connectivity index (χ3n) is 2.99. The molecule has 1 aromatic carbocycles. The molecule has 0 aliphatic heterocycles. The number of rotatable bonds is 8. The van der Waals surface area contributed by atoms with Crippen molar-refractivity contribution in [2.45, 2.75) is 19.2 Å². The Hall–Kier alpha value is -3.27. The van der Waals surface area contributed by atoms with Crippen LogP contribution in [0, 0.1) is 22.7 Å². The average molecular weight is 369 g/mol. The maximum atomic E-state index is 12.1. The SMILES string of the molecule is N#CCCN(CCC#N)C(=O)COC(=O)c1ccc(OC(F)(F)F)cc1. The van der Waals surface area contributed by atoms with Gasteiger partial charge in [-0.15, -0.1) is 13.2 Å². The standard InChI is InChI=1S/C16H14F3N3O4/c17-16(18,19)26-13-5-3-12(4-6-13)15(24)25-11-14(23)22(9-1-7-20)10-2-8-21/h3-6H,1-2,9-11H2. The normalized spacial score (nSPS) is 10.3. The molecule has 0 saturated heterocycles. The van der Waals surface area contributed by atoms with Crippen LogP contribution in [0.15, 0.2) is 24.3 Å². The lowest BCUT2D eigenvalue weighted by Gasteiger charge is -2.20. The van der Waals surface area contributed by atoms with E-state index in [1.807, 2.05) is 12.1 Å². The maximum Gasteiger partial charge on any atom is 0.573 e. The molecule has 0 unspecified atom stereocenters. The van der Waals surface area contributed by atoms with Crippen LogP contribution >= 0.6 is 0 Å². The summed E-state index contributed by atoms with van der Waals surface area (Å²) in [5.41, 5.74) is -0.0621. The van der Waals surface area contributed by atoms with Crippen molar-refractivity contribution < 1.29 is 32.2 Å². The fourth-order valence-electron chi connectivity index (χ4n) is 1.83. The number of nitrogens with zero attached hydrogens (tertiary/aromatic N) is 3. The fraction of sp³-hybridized carbons (Fsp3) is 0.375. The van der Waals surface area contributed by atoms with Gasteiger partial charge in [0.15, 0.2) is 6.61 Å². The van der Waals surface area contributed by atoms with E-state index in [-0.39, 0.29) is 31.5 Å². The van der Waals surface area contributed by atoms with E-state index < -0.39 is 30.6 Å². The Bertz CT molecular complexity index is 687. The second-order valence-corrected chi connectivity index (χ2v) is 4.85. The van der Waals surface area contributed by atoms with Gasteiger partial charge in [0.05, 0.1) is 30.5 Å². The number of carbonyl (C=O) groups excluding carboxylic acids is 2. The van der Waals surface area contributed by atoms with Crippen LogP contribution in [0.3, 0.4) is 0 Å². The smallest absolute Gasteiger partial charge is 0.452 e.